The molecule has 3 N–H and O–H groups in total. The molecule has 0 aliphatic heterocycles. The summed E-state index contributed by atoms with van der Waals surface area (Å²) in [7, 11) is 0. The Morgan fingerprint density at radius 2 is 1.61 bits per heavy atom. The van der Waals surface area contributed by atoms with E-state index in [1.807, 2.05) is 0 Å². The van der Waals surface area contributed by atoms with Crippen LogP contribution in [0.2, 0.25) is 0 Å². The predicted molar refractivity (Wildman–Crippen MR) is 125 cm³/mol. The van der Waals surface area contributed by atoms with Gasteiger partial charge < -0.3 is 20.4 Å². The van der Waals surface area contributed by atoms with E-state index in [9.17, 15) is 29.4 Å². The van der Waals surface area contributed by atoms with Crippen LogP contribution >= 0.6 is 79.4 Å². The van der Waals surface area contributed by atoms with Crippen molar-refractivity contribution in [2.24, 2.45) is 0 Å². The molecule has 1 unspecified atom stereocenters. The molecule has 0 aliphatic rings. The van der Waals surface area contributed by atoms with E-state index in [4.69, 9.17) is 16.4 Å². The summed E-state index contributed by atoms with van der Waals surface area (Å²) in [6.07, 6.45) is 0. The van der Waals surface area contributed by atoms with Crippen molar-refractivity contribution >= 4 is 108 Å². The van der Waals surface area contributed by atoms with Crippen LogP contribution in [-0.4, -0.2) is 45.6 Å². The van der Waals surface area contributed by atoms with Gasteiger partial charge >= 0.3 is 5.97 Å². The average Bonchev–Trinajstić information content (AvgIpc) is 2.52. The number of anilines is 1. The van der Waals surface area contributed by atoms with Gasteiger partial charge in [-0.25, -0.2) is 4.79 Å². The van der Waals surface area contributed by atoms with E-state index in [0.717, 1.165) is 13.8 Å². The summed E-state index contributed by atoms with van der Waals surface area (Å²) in [4.78, 5) is 53.2. The molecule has 1 rings (SSSR count). The van der Waals surface area contributed by atoms with Crippen LogP contribution in [-0.2, 0) is 14.4 Å². The van der Waals surface area contributed by atoms with Gasteiger partial charge in [-0.2, -0.15) is 0 Å². The molecule has 1 aromatic carbocycles. The molecule has 0 bridgehead atoms. The van der Waals surface area contributed by atoms with Gasteiger partial charge in [-0.1, -0.05) is 0 Å². The van der Waals surface area contributed by atoms with Crippen LogP contribution in [0, 0.1) is 10.7 Å². The monoisotopic (exact) mass is 750 g/mol. The molecule has 0 radical (unpaired) electrons. The second-order valence-corrected chi connectivity index (χ2v) is 9.18. The lowest BCUT2D eigenvalue weighted by molar-refractivity contribution is -0.147. The first-order valence-corrected chi connectivity index (χ1v) is 10.9. The quantitative estimate of drug-likeness (QED) is 0.182. The van der Waals surface area contributed by atoms with E-state index >= 15 is 0 Å². The van der Waals surface area contributed by atoms with Crippen LogP contribution in [0.5, 0.6) is 0 Å². The molecule has 9 nitrogen and oxygen atoms in total. The van der Waals surface area contributed by atoms with E-state index < -0.39 is 35.4 Å². The van der Waals surface area contributed by atoms with Crippen molar-refractivity contribution in [3.8, 4) is 0 Å². The third-order valence-electron chi connectivity index (χ3n) is 3.12. The van der Waals surface area contributed by atoms with Crippen LogP contribution in [0.3, 0.4) is 0 Å². The molecule has 13 heteroatoms. The molecule has 28 heavy (non-hydrogen) atoms. The Balaban J connectivity index is 3.86. The number of aliphatic hydroxyl groups is 2. The number of nitrogens with one attached hydrogen (secondary N) is 1. The lowest BCUT2D eigenvalue weighted by Gasteiger charge is -2.26. The number of carbonyl (C=O) groups is 4. The van der Waals surface area contributed by atoms with Crippen LogP contribution in [0.15, 0.2) is 0 Å². The lowest BCUT2D eigenvalue weighted by atomic mass is 10.1. The molecular weight excluding hydrogens is 736 g/mol. The normalized spacial score (nSPS) is 12.8. The van der Waals surface area contributed by atoms with E-state index in [-0.39, 0.29) is 27.5 Å². The van der Waals surface area contributed by atoms with Gasteiger partial charge in [0.05, 0.1) is 24.9 Å². The first-order valence-electron chi connectivity index (χ1n) is 7.30. The second-order valence-electron chi connectivity index (χ2n) is 5.60. The predicted octanol–water partition coefficient (Wildman–Crippen LogP) is 2.14. The number of nitrogens with zero attached hydrogens (tertiary/aromatic N) is 1. The van der Waals surface area contributed by atoms with Crippen molar-refractivity contribution in [1.82, 2.24) is 5.32 Å². The van der Waals surface area contributed by atoms with Crippen LogP contribution in [0.4, 0.5) is 5.69 Å². The van der Waals surface area contributed by atoms with Crippen molar-refractivity contribution in [3.63, 3.8) is 0 Å². The third kappa shape index (κ3) is 5.87. The first-order chi connectivity index (χ1) is 12.7. The summed E-state index contributed by atoms with van der Waals surface area (Å²) in [5.74, 6) is -2.32. The summed E-state index contributed by atoms with van der Waals surface area (Å²) in [5.41, 5.74) is -2.13. The number of benzene rings is 1. The standard InChI is InChI=1S/C15H14ClI3N2O7/c1-5(23)21(28-6(2)24)12-10(18)7(13(16)25)9(17)8(11(12)19)14(26)20-15(3,27)4-22/h22,27H,4H2,1-3H3,(H,20,26). The van der Waals surface area contributed by atoms with Crippen LogP contribution in [0.25, 0.3) is 0 Å². The first kappa shape index (κ1) is 25.7. The van der Waals surface area contributed by atoms with Gasteiger partial charge in [-0.05, 0) is 86.3 Å². The van der Waals surface area contributed by atoms with Gasteiger partial charge in [0.1, 0.15) is 5.69 Å². The fraction of sp³-hybridized carbons (Fsp3) is 0.333. The molecule has 0 aliphatic carbocycles. The molecule has 0 saturated carbocycles. The highest BCUT2D eigenvalue weighted by Crippen LogP contribution is 2.39. The maximum Gasteiger partial charge on any atom is 0.330 e. The zero-order valence-electron chi connectivity index (χ0n) is 14.6. The van der Waals surface area contributed by atoms with E-state index in [2.05, 4.69) is 5.32 Å². The second kappa shape index (κ2) is 10.1. The van der Waals surface area contributed by atoms with Gasteiger partial charge in [-0.15, -0.1) is 5.06 Å². The van der Waals surface area contributed by atoms with Crippen LogP contribution < -0.4 is 10.4 Å². The summed E-state index contributed by atoms with van der Waals surface area (Å²) < 4.78 is 0.511. The number of rotatable bonds is 5. The van der Waals surface area contributed by atoms with Crippen molar-refractivity contribution in [2.45, 2.75) is 26.5 Å². The minimum atomic E-state index is -1.94. The SMILES string of the molecule is CC(=O)ON(C(C)=O)c1c(I)c(C(=O)Cl)c(I)c(C(=O)NC(C)(O)CO)c1I. The molecule has 0 aromatic heterocycles. The van der Waals surface area contributed by atoms with Gasteiger partial charge in [0.15, 0.2) is 5.72 Å². The lowest BCUT2D eigenvalue weighted by Crippen LogP contribution is -2.49. The number of halogens is 4. The fourth-order valence-corrected chi connectivity index (χ4v) is 7.04. The number of aliphatic hydroxyl groups excluding tert-OH is 1. The van der Waals surface area contributed by atoms with Crippen molar-refractivity contribution < 1.29 is 34.2 Å². The zero-order chi connectivity index (χ0) is 22.0. The molecule has 1 aromatic rings. The molecule has 0 spiro atoms. The van der Waals surface area contributed by atoms with Gasteiger partial charge in [0.25, 0.3) is 17.1 Å². The van der Waals surface area contributed by atoms with Crippen LogP contribution in [0.1, 0.15) is 41.5 Å². The Bertz CT molecular complexity index is 861. The van der Waals surface area contributed by atoms with Crippen molar-refractivity contribution in [2.75, 3.05) is 11.7 Å². The summed E-state index contributed by atoms with van der Waals surface area (Å²) in [6.45, 7) is 2.62. The topological polar surface area (TPSA) is 133 Å². The summed E-state index contributed by atoms with van der Waals surface area (Å²) >= 11 is 10.9. The maximum atomic E-state index is 12.8. The number of hydroxylamine groups is 1. The molecule has 0 heterocycles. The van der Waals surface area contributed by atoms with Gasteiger partial charge in [0.2, 0.25) is 0 Å². The average molecular weight is 750 g/mol. The summed E-state index contributed by atoms with van der Waals surface area (Å²) in [5, 5.41) is 21.1. The molecule has 0 fully saturated rings. The molecule has 1 atom stereocenters. The Morgan fingerprint density at radius 3 is 2.00 bits per heavy atom. The van der Waals surface area contributed by atoms with E-state index in [1.165, 1.54) is 6.92 Å². The number of hydrogen-bond acceptors (Lipinski definition) is 7. The largest absolute Gasteiger partial charge is 0.391 e. The number of hydrogen-bond donors (Lipinski definition) is 3. The smallest absolute Gasteiger partial charge is 0.330 e. The van der Waals surface area contributed by atoms with E-state index in [0.29, 0.717) is 5.06 Å². The highest BCUT2D eigenvalue weighted by molar-refractivity contribution is 14.1. The Kier molecular flexibility index (Phi) is 9.32. The van der Waals surface area contributed by atoms with Gasteiger partial charge in [-0.3, -0.25) is 14.4 Å². The minimum Gasteiger partial charge on any atom is -0.391 e. The molecule has 2 amide bonds. The van der Waals surface area contributed by atoms with Gasteiger partial charge in [0, 0.05) is 17.4 Å². The number of amides is 2. The zero-order valence-corrected chi connectivity index (χ0v) is 21.8. The Hall–Kier alpha value is -0.300. The highest BCUT2D eigenvalue weighted by Gasteiger charge is 2.34. The molecule has 0 saturated heterocycles. The Morgan fingerprint density at radius 1 is 1.11 bits per heavy atom. The van der Waals surface area contributed by atoms with Crippen molar-refractivity contribution in [1.29, 1.82) is 0 Å². The maximum absolute atomic E-state index is 12.8. The third-order valence-corrected chi connectivity index (χ3v) is 6.49. The number of carbonyl (C=O) groups excluding carboxylic acids is 4. The molecule has 154 valence electrons. The Labute approximate surface area is 205 Å². The molecular formula is C15H14ClI3N2O7. The minimum absolute atomic E-state index is 0.0258. The van der Waals surface area contributed by atoms with E-state index in [1.54, 1.807) is 67.8 Å². The van der Waals surface area contributed by atoms with Crippen molar-refractivity contribution in [3.05, 3.63) is 21.8 Å². The fourth-order valence-electron chi connectivity index (χ4n) is 1.94. The highest BCUT2D eigenvalue weighted by atomic mass is 127. The summed E-state index contributed by atoms with van der Waals surface area (Å²) in [6, 6.07) is 0.